The topological polar surface area (TPSA) is 43.1 Å². The molecule has 0 aromatic heterocycles. The zero-order valence-electron chi connectivity index (χ0n) is 9.46. The van der Waals surface area contributed by atoms with Crippen molar-refractivity contribution in [2.45, 2.75) is 58.4 Å². The second-order valence-corrected chi connectivity index (χ2v) is 4.93. The molecule has 2 atom stereocenters. The lowest BCUT2D eigenvalue weighted by molar-refractivity contribution is -0.118. The summed E-state index contributed by atoms with van der Waals surface area (Å²) in [5, 5.41) is 0. The highest BCUT2D eigenvalue weighted by Crippen LogP contribution is 2.32. The Morgan fingerprint density at radius 2 is 2.14 bits per heavy atom. The third kappa shape index (κ3) is 3.79. The van der Waals surface area contributed by atoms with Gasteiger partial charge < -0.3 is 5.73 Å². The van der Waals surface area contributed by atoms with E-state index >= 15 is 0 Å². The van der Waals surface area contributed by atoms with Crippen LogP contribution in [-0.2, 0) is 4.79 Å². The number of hydrogen-bond donors (Lipinski definition) is 1. The summed E-state index contributed by atoms with van der Waals surface area (Å²) in [5.41, 5.74) is 5.72. The van der Waals surface area contributed by atoms with Gasteiger partial charge in [-0.1, -0.05) is 39.0 Å². The Hall–Kier alpha value is -0.370. The molecular formula is C12H23NO. The molecule has 2 heteroatoms. The van der Waals surface area contributed by atoms with E-state index in [0.717, 1.165) is 12.3 Å². The zero-order chi connectivity index (χ0) is 10.6. The Balaban J connectivity index is 2.08. The maximum atomic E-state index is 11.0. The number of nitrogens with two attached hydrogens (primary N) is 1. The van der Waals surface area contributed by atoms with Gasteiger partial charge in [0.2, 0.25) is 0 Å². The first-order valence-electron chi connectivity index (χ1n) is 5.85. The van der Waals surface area contributed by atoms with Crippen LogP contribution in [-0.4, -0.2) is 11.8 Å². The monoisotopic (exact) mass is 197 g/mol. The van der Waals surface area contributed by atoms with Gasteiger partial charge in [0.25, 0.3) is 0 Å². The Bertz CT molecular complexity index is 187. The Kier molecular flexibility index (Phi) is 4.59. The van der Waals surface area contributed by atoms with E-state index in [0.29, 0.717) is 5.92 Å². The smallest absolute Gasteiger partial charge is 0.146 e. The molecule has 1 aliphatic rings. The predicted octanol–water partition coefficient (Wildman–Crippen LogP) is 2.51. The summed E-state index contributed by atoms with van der Waals surface area (Å²) in [7, 11) is 0. The first-order chi connectivity index (χ1) is 6.59. The number of hydrogen-bond acceptors (Lipinski definition) is 2. The lowest BCUT2D eigenvalue weighted by Gasteiger charge is -2.26. The van der Waals surface area contributed by atoms with Gasteiger partial charge in [-0.05, 0) is 25.2 Å². The zero-order valence-corrected chi connectivity index (χ0v) is 9.46. The third-order valence-corrected chi connectivity index (χ3v) is 3.47. The summed E-state index contributed by atoms with van der Waals surface area (Å²) in [6.07, 6.45) is 7.71. The summed E-state index contributed by atoms with van der Waals surface area (Å²) >= 11 is 0. The van der Waals surface area contributed by atoms with Gasteiger partial charge in [-0.15, -0.1) is 0 Å². The molecule has 1 fully saturated rings. The van der Waals surface area contributed by atoms with Crippen LogP contribution in [0.25, 0.3) is 0 Å². The van der Waals surface area contributed by atoms with Crippen molar-refractivity contribution >= 4 is 5.78 Å². The Morgan fingerprint density at radius 3 is 2.57 bits per heavy atom. The summed E-state index contributed by atoms with van der Waals surface area (Å²) in [4.78, 5) is 11.0. The summed E-state index contributed by atoms with van der Waals surface area (Å²) < 4.78 is 0. The molecule has 0 unspecified atom stereocenters. The third-order valence-electron chi connectivity index (χ3n) is 3.47. The van der Waals surface area contributed by atoms with E-state index in [1.807, 2.05) is 0 Å². The average molecular weight is 197 g/mol. The van der Waals surface area contributed by atoms with Crippen LogP contribution in [0.15, 0.2) is 0 Å². The van der Waals surface area contributed by atoms with Crippen molar-refractivity contribution in [3.05, 3.63) is 0 Å². The number of carbonyl (C=O) groups is 1. The molecule has 0 bridgehead atoms. The van der Waals surface area contributed by atoms with Gasteiger partial charge in [0.05, 0.1) is 6.04 Å². The van der Waals surface area contributed by atoms with Gasteiger partial charge in [0, 0.05) is 0 Å². The van der Waals surface area contributed by atoms with Crippen LogP contribution in [0.3, 0.4) is 0 Å². The number of carbonyl (C=O) groups excluding carboxylic acids is 1. The van der Waals surface area contributed by atoms with Gasteiger partial charge in [-0.2, -0.15) is 0 Å². The lowest BCUT2D eigenvalue weighted by Crippen LogP contribution is -2.30. The van der Waals surface area contributed by atoms with Crippen molar-refractivity contribution in [1.29, 1.82) is 0 Å². The predicted molar refractivity (Wildman–Crippen MR) is 59.0 cm³/mol. The van der Waals surface area contributed by atoms with Crippen molar-refractivity contribution in [2.75, 3.05) is 0 Å². The fraction of sp³-hybridized carbons (Fsp3) is 0.917. The summed E-state index contributed by atoms with van der Waals surface area (Å²) in [6.45, 7) is 3.80. The molecule has 0 spiro atoms. The van der Waals surface area contributed by atoms with E-state index in [-0.39, 0.29) is 11.8 Å². The minimum absolute atomic E-state index is 0.125. The van der Waals surface area contributed by atoms with Crippen molar-refractivity contribution in [3.8, 4) is 0 Å². The first-order valence-corrected chi connectivity index (χ1v) is 5.85. The molecule has 82 valence electrons. The molecule has 14 heavy (non-hydrogen) atoms. The number of ketones is 1. The van der Waals surface area contributed by atoms with Gasteiger partial charge in [-0.25, -0.2) is 0 Å². The fourth-order valence-corrected chi connectivity index (χ4v) is 2.02. The molecule has 0 aromatic rings. The molecule has 0 radical (unpaired) electrons. The largest absolute Gasteiger partial charge is 0.322 e. The van der Waals surface area contributed by atoms with Crippen molar-refractivity contribution in [1.82, 2.24) is 0 Å². The summed E-state index contributed by atoms with van der Waals surface area (Å²) in [5.74, 6) is 1.71. The minimum atomic E-state index is -0.230. The molecule has 2 nitrogen and oxygen atoms in total. The van der Waals surface area contributed by atoms with Crippen LogP contribution in [0, 0.1) is 11.8 Å². The highest BCUT2D eigenvalue weighted by Gasteiger charge is 2.19. The quantitative estimate of drug-likeness (QED) is 0.711. The van der Waals surface area contributed by atoms with Crippen molar-refractivity contribution < 1.29 is 4.79 Å². The highest BCUT2D eigenvalue weighted by molar-refractivity contribution is 5.81. The molecule has 1 saturated carbocycles. The Morgan fingerprint density at radius 1 is 1.50 bits per heavy atom. The van der Waals surface area contributed by atoms with Crippen LogP contribution < -0.4 is 5.73 Å². The van der Waals surface area contributed by atoms with E-state index < -0.39 is 0 Å². The fourth-order valence-electron chi connectivity index (χ4n) is 2.02. The standard InChI is InChI=1S/C12H23NO/c1-9(8-12(13)10(2)14)6-7-11-4-3-5-11/h9,11-12H,3-8,13H2,1-2H3/t9-,12+/m1/s1. The Labute approximate surface area is 87.2 Å². The molecule has 0 heterocycles. The molecule has 0 saturated heterocycles. The molecule has 1 aliphatic carbocycles. The minimum Gasteiger partial charge on any atom is -0.322 e. The van der Waals surface area contributed by atoms with Crippen LogP contribution in [0.5, 0.6) is 0 Å². The molecule has 0 aromatic carbocycles. The van der Waals surface area contributed by atoms with Crippen LogP contribution in [0.2, 0.25) is 0 Å². The SMILES string of the molecule is CC(=O)[C@@H](N)C[C@H](C)CCC1CCC1. The van der Waals surface area contributed by atoms with Gasteiger partial charge >= 0.3 is 0 Å². The normalized spacial score (nSPS) is 21.4. The molecule has 1 rings (SSSR count). The van der Waals surface area contributed by atoms with Gasteiger partial charge in [-0.3, -0.25) is 4.79 Å². The highest BCUT2D eigenvalue weighted by atomic mass is 16.1. The van der Waals surface area contributed by atoms with Gasteiger partial charge in [0.1, 0.15) is 5.78 Å². The van der Waals surface area contributed by atoms with Crippen LogP contribution >= 0.6 is 0 Å². The summed E-state index contributed by atoms with van der Waals surface area (Å²) in [6, 6.07) is -0.230. The molecule has 0 amide bonds. The maximum absolute atomic E-state index is 11.0. The molecule has 0 aliphatic heterocycles. The van der Waals surface area contributed by atoms with Crippen molar-refractivity contribution in [2.24, 2.45) is 17.6 Å². The van der Waals surface area contributed by atoms with E-state index in [1.165, 1.54) is 32.1 Å². The average Bonchev–Trinajstić information content (AvgIpc) is 2.00. The maximum Gasteiger partial charge on any atom is 0.146 e. The second-order valence-electron chi connectivity index (χ2n) is 4.93. The molecular weight excluding hydrogens is 174 g/mol. The number of Topliss-reactive ketones (excluding diaryl/α,β-unsaturated/α-hetero) is 1. The van der Waals surface area contributed by atoms with Gasteiger partial charge in [0.15, 0.2) is 0 Å². The lowest BCUT2D eigenvalue weighted by atomic mass is 9.80. The van der Waals surface area contributed by atoms with E-state index in [9.17, 15) is 4.79 Å². The molecule has 2 N–H and O–H groups in total. The van der Waals surface area contributed by atoms with E-state index in [4.69, 9.17) is 5.73 Å². The van der Waals surface area contributed by atoms with Crippen LogP contribution in [0.4, 0.5) is 0 Å². The number of rotatable bonds is 6. The first kappa shape index (κ1) is 11.7. The second kappa shape index (κ2) is 5.50. The van der Waals surface area contributed by atoms with E-state index in [1.54, 1.807) is 6.92 Å². The van der Waals surface area contributed by atoms with E-state index in [2.05, 4.69) is 6.92 Å². The van der Waals surface area contributed by atoms with Crippen molar-refractivity contribution in [3.63, 3.8) is 0 Å². The van der Waals surface area contributed by atoms with Crippen LogP contribution in [0.1, 0.15) is 52.4 Å².